The van der Waals surface area contributed by atoms with E-state index in [1.807, 2.05) is 30.3 Å². The highest BCUT2D eigenvalue weighted by Gasteiger charge is 2.62. The van der Waals surface area contributed by atoms with Gasteiger partial charge in [0.2, 0.25) is 0 Å². The van der Waals surface area contributed by atoms with E-state index in [1.54, 1.807) is 6.92 Å². The van der Waals surface area contributed by atoms with Crippen LogP contribution in [0.1, 0.15) is 24.3 Å². The first-order chi connectivity index (χ1) is 13.9. The Morgan fingerprint density at radius 3 is 2.79 bits per heavy atom. The molecule has 29 heavy (non-hydrogen) atoms. The van der Waals surface area contributed by atoms with Crippen LogP contribution in [0.25, 0.3) is 0 Å². The summed E-state index contributed by atoms with van der Waals surface area (Å²) in [7, 11) is 0. The van der Waals surface area contributed by atoms with Crippen LogP contribution in [0.3, 0.4) is 0 Å². The molecule has 2 saturated heterocycles. The minimum atomic E-state index is -0.931. The van der Waals surface area contributed by atoms with Crippen LogP contribution in [0.4, 0.5) is 0 Å². The van der Waals surface area contributed by atoms with Crippen molar-refractivity contribution in [2.45, 2.75) is 44.4 Å². The zero-order chi connectivity index (χ0) is 20.6. The smallest absolute Gasteiger partial charge is 0.330 e. The van der Waals surface area contributed by atoms with E-state index >= 15 is 0 Å². The number of fused-ring (bicyclic) bond motifs is 2. The van der Waals surface area contributed by atoms with Gasteiger partial charge in [-0.25, -0.2) is 4.79 Å². The Balaban J connectivity index is 1.63. The maximum Gasteiger partial charge on any atom is 0.330 e. The summed E-state index contributed by atoms with van der Waals surface area (Å²) in [5.74, 6) is -0.422. The van der Waals surface area contributed by atoms with Crippen molar-refractivity contribution in [2.75, 3.05) is 13.2 Å². The van der Waals surface area contributed by atoms with Crippen molar-refractivity contribution in [2.24, 2.45) is 0 Å². The Morgan fingerprint density at radius 1 is 1.31 bits per heavy atom. The molecule has 2 N–H and O–H groups in total. The molecular formula is C20H23N3O6. The van der Waals surface area contributed by atoms with Crippen molar-refractivity contribution in [1.29, 1.82) is 0 Å². The van der Waals surface area contributed by atoms with Crippen LogP contribution in [0.5, 0.6) is 0 Å². The van der Waals surface area contributed by atoms with Crippen molar-refractivity contribution in [3.05, 3.63) is 68.5 Å². The molecule has 2 fully saturated rings. The topological polar surface area (TPSA) is 112 Å². The predicted molar refractivity (Wildman–Crippen MR) is 102 cm³/mol. The minimum Gasteiger partial charge on any atom is -0.463 e. The lowest BCUT2D eigenvalue weighted by Crippen LogP contribution is -2.49. The monoisotopic (exact) mass is 401 g/mol. The average Bonchev–Trinajstić information content (AvgIpc) is 3.20. The van der Waals surface area contributed by atoms with E-state index < -0.39 is 35.2 Å². The number of morpholine rings is 1. The summed E-state index contributed by atoms with van der Waals surface area (Å²) in [5.41, 5.74) is -0.542. The van der Waals surface area contributed by atoms with Crippen LogP contribution in [0.2, 0.25) is 0 Å². The Morgan fingerprint density at radius 2 is 2.07 bits per heavy atom. The van der Waals surface area contributed by atoms with Crippen LogP contribution in [-0.4, -0.2) is 46.4 Å². The fourth-order valence-corrected chi connectivity index (χ4v) is 3.91. The first kappa shape index (κ1) is 19.6. The largest absolute Gasteiger partial charge is 0.463 e. The standard InChI is InChI=1S/C20H23N3O6/c1-12-8-23(19(26)22-17(12)25)18-15-16(27-9-14-6-4-3-5-7-14)20(29-18,10-21-15)11-28-13(2)24/h3-8,15-16,18,21H,9-11H2,1-2H3,(H,22,25,26)/t15-,16+,18+,20-/m0/s1. The van der Waals surface area contributed by atoms with Crippen LogP contribution in [-0.2, 0) is 25.6 Å². The van der Waals surface area contributed by atoms with Crippen LogP contribution >= 0.6 is 0 Å². The molecule has 9 heteroatoms. The van der Waals surface area contributed by atoms with Crippen molar-refractivity contribution < 1.29 is 19.0 Å². The Labute approximate surface area is 166 Å². The molecule has 0 unspecified atom stereocenters. The van der Waals surface area contributed by atoms with Gasteiger partial charge in [-0.2, -0.15) is 0 Å². The lowest BCUT2D eigenvalue weighted by atomic mass is 10.00. The van der Waals surface area contributed by atoms with Crippen molar-refractivity contribution in [3.63, 3.8) is 0 Å². The third kappa shape index (κ3) is 3.64. The molecule has 2 aliphatic rings. The second-order valence-corrected chi connectivity index (χ2v) is 7.46. The Kier molecular flexibility index (Phi) is 5.12. The van der Waals surface area contributed by atoms with Crippen LogP contribution < -0.4 is 16.6 Å². The Hall–Kier alpha value is -2.75. The molecule has 3 heterocycles. The molecule has 4 rings (SSSR count). The van der Waals surface area contributed by atoms with E-state index in [0.29, 0.717) is 18.7 Å². The van der Waals surface area contributed by atoms with Gasteiger partial charge in [-0.15, -0.1) is 0 Å². The number of carbonyl (C=O) groups is 1. The number of benzene rings is 1. The van der Waals surface area contributed by atoms with Gasteiger partial charge >= 0.3 is 11.7 Å². The summed E-state index contributed by atoms with van der Waals surface area (Å²) in [6.07, 6.45) is 0.316. The number of carbonyl (C=O) groups excluding carboxylic acids is 1. The molecule has 2 bridgehead atoms. The molecule has 2 aliphatic heterocycles. The lowest BCUT2D eigenvalue weighted by Gasteiger charge is -2.31. The zero-order valence-electron chi connectivity index (χ0n) is 16.2. The quantitative estimate of drug-likeness (QED) is 0.667. The number of hydrogen-bond acceptors (Lipinski definition) is 7. The molecule has 0 amide bonds. The average molecular weight is 401 g/mol. The number of aromatic nitrogens is 2. The van der Waals surface area contributed by atoms with Crippen LogP contribution in [0.15, 0.2) is 46.1 Å². The van der Waals surface area contributed by atoms with E-state index in [0.717, 1.165) is 5.56 Å². The van der Waals surface area contributed by atoms with Crippen LogP contribution in [0, 0.1) is 6.92 Å². The highest BCUT2D eigenvalue weighted by molar-refractivity contribution is 5.66. The maximum atomic E-state index is 12.4. The van der Waals surface area contributed by atoms with Gasteiger partial charge in [-0.1, -0.05) is 30.3 Å². The summed E-state index contributed by atoms with van der Waals surface area (Å²) in [6, 6.07) is 9.34. The number of rotatable bonds is 6. The molecule has 1 aromatic heterocycles. The number of nitrogens with one attached hydrogen (secondary N) is 2. The summed E-state index contributed by atoms with van der Waals surface area (Å²) >= 11 is 0. The number of esters is 1. The molecule has 4 atom stereocenters. The highest BCUT2D eigenvalue weighted by Crippen LogP contribution is 2.43. The third-order valence-electron chi connectivity index (χ3n) is 5.36. The first-order valence-corrected chi connectivity index (χ1v) is 9.42. The number of aromatic amines is 1. The molecule has 0 aliphatic carbocycles. The van der Waals surface area contributed by atoms with E-state index in [2.05, 4.69) is 10.3 Å². The number of aryl methyl sites for hydroxylation is 1. The predicted octanol–water partition coefficient (Wildman–Crippen LogP) is 0.233. The number of ether oxygens (including phenoxy) is 3. The lowest BCUT2D eigenvalue weighted by molar-refractivity contribution is -0.169. The summed E-state index contributed by atoms with van der Waals surface area (Å²) in [6.45, 7) is 3.71. The molecule has 0 saturated carbocycles. The van der Waals surface area contributed by atoms with E-state index in [4.69, 9.17) is 14.2 Å². The van der Waals surface area contributed by atoms with Gasteiger partial charge in [0.1, 0.15) is 18.3 Å². The summed E-state index contributed by atoms with van der Waals surface area (Å²) < 4.78 is 19.0. The fraction of sp³-hybridized carbons (Fsp3) is 0.450. The van der Waals surface area contributed by atoms with Gasteiger partial charge in [0.05, 0.1) is 12.6 Å². The minimum absolute atomic E-state index is 0.00112. The van der Waals surface area contributed by atoms with Gasteiger partial charge in [0.15, 0.2) is 6.23 Å². The van der Waals surface area contributed by atoms with E-state index in [1.165, 1.54) is 17.7 Å². The first-order valence-electron chi connectivity index (χ1n) is 9.42. The van der Waals surface area contributed by atoms with Crippen molar-refractivity contribution >= 4 is 5.97 Å². The third-order valence-corrected chi connectivity index (χ3v) is 5.36. The second-order valence-electron chi connectivity index (χ2n) is 7.46. The second kappa shape index (κ2) is 7.58. The summed E-state index contributed by atoms with van der Waals surface area (Å²) in [4.78, 5) is 37.8. The van der Waals surface area contributed by atoms with Gasteiger partial charge < -0.3 is 19.5 Å². The van der Waals surface area contributed by atoms with Gasteiger partial charge in [0.25, 0.3) is 5.56 Å². The number of nitrogens with zero attached hydrogens (tertiary/aromatic N) is 1. The molecule has 2 aromatic rings. The molecule has 154 valence electrons. The number of hydrogen-bond donors (Lipinski definition) is 2. The highest BCUT2D eigenvalue weighted by atomic mass is 16.6. The van der Waals surface area contributed by atoms with E-state index in [-0.39, 0.29) is 12.6 Å². The van der Waals surface area contributed by atoms with Crippen molar-refractivity contribution in [3.8, 4) is 0 Å². The SMILES string of the molecule is CC(=O)OC[C@]12CN[C@H]([C@H](n3cc(C)c(=O)[nH]c3=O)O1)[C@H]2OCc1ccccc1. The maximum absolute atomic E-state index is 12.4. The zero-order valence-corrected chi connectivity index (χ0v) is 16.2. The molecular weight excluding hydrogens is 378 g/mol. The molecule has 0 radical (unpaired) electrons. The van der Waals surface area contributed by atoms with E-state index in [9.17, 15) is 14.4 Å². The fourth-order valence-electron chi connectivity index (χ4n) is 3.91. The molecule has 0 spiro atoms. The van der Waals surface area contributed by atoms with Gasteiger partial charge in [-0.3, -0.25) is 19.1 Å². The Bertz CT molecular complexity index is 1020. The summed E-state index contributed by atoms with van der Waals surface area (Å²) in [5, 5.41) is 3.32. The molecule has 1 aromatic carbocycles. The van der Waals surface area contributed by atoms with Gasteiger partial charge in [0, 0.05) is 25.2 Å². The number of H-pyrrole nitrogens is 1. The van der Waals surface area contributed by atoms with Gasteiger partial charge in [-0.05, 0) is 12.5 Å². The normalized spacial score (nSPS) is 27.9. The van der Waals surface area contributed by atoms with Crippen molar-refractivity contribution in [1.82, 2.24) is 14.9 Å². The molecule has 9 nitrogen and oxygen atoms in total.